The number of hydrogen-bond acceptors (Lipinski definition) is 10. The molecule has 3 aliphatic heterocycles. The third-order valence-corrected chi connectivity index (χ3v) is 8.55. The number of benzene rings is 2. The van der Waals surface area contributed by atoms with Gasteiger partial charge in [0.05, 0.1) is 12.3 Å². The molecule has 5 rings (SSSR count). The first-order valence-electron chi connectivity index (χ1n) is 16.5. The minimum atomic E-state index is -4.01. The number of anilines is 1. The van der Waals surface area contributed by atoms with Crippen molar-refractivity contribution in [2.45, 2.75) is 57.0 Å². The van der Waals surface area contributed by atoms with Crippen LogP contribution >= 0.6 is 0 Å². The number of rotatable bonds is 10. The van der Waals surface area contributed by atoms with Crippen molar-refractivity contribution in [3.63, 3.8) is 0 Å². The van der Waals surface area contributed by atoms with Gasteiger partial charge in [-0.3, -0.25) is 0 Å². The highest BCUT2D eigenvalue weighted by atomic mass is 32.2. The van der Waals surface area contributed by atoms with Crippen LogP contribution in [0.25, 0.3) is 0 Å². The van der Waals surface area contributed by atoms with Gasteiger partial charge in [-0.2, -0.15) is 0 Å². The molecule has 0 radical (unpaired) electrons. The van der Waals surface area contributed by atoms with Crippen LogP contribution in [-0.2, 0) is 26.1 Å². The number of carboxylic acid groups (broad SMARTS) is 1. The summed E-state index contributed by atoms with van der Waals surface area (Å²) in [6.07, 6.45) is 5.69. The summed E-state index contributed by atoms with van der Waals surface area (Å²) in [6.45, 7) is 7.25. The zero-order chi connectivity index (χ0) is 36.3. The number of hydrazine groups is 1. The first kappa shape index (κ1) is 43.5. The summed E-state index contributed by atoms with van der Waals surface area (Å²) >= 11 is 0. The van der Waals surface area contributed by atoms with Gasteiger partial charge in [0.2, 0.25) is 0 Å². The third-order valence-electron chi connectivity index (χ3n) is 7.10. The van der Waals surface area contributed by atoms with Gasteiger partial charge < -0.3 is 46.5 Å². The molecule has 3 amide bonds. The Labute approximate surface area is 290 Å². The molecule has 0 bridgehead atoms. The Morgan fingerprint density at radius 2 is 1.53 bits per heavy atom. The van der Waals surface area contributed by atoms with Crippen LogP contribution in [0, 0.1) is 12.8 Å². The van der Waals surface area contributed by atoms with E-state index in [0.717, 1.165) is 33.5 Å². The van der Waals surface area contributed by atoms with Crippen molar-refractivity contribution in [3.05, 3.63) is 59.7 Å². The summed E-state index contributed by atoms with van der Waals surface area (Å²) < 4.78 is 35.6. The summed E-state index contributed by atoms with van der Waals surface area (Å²) in [4.78, 5) is 24.2. The summed E-state index contributed by atoms with van der Waals surface area (Å²) in [5.74, 6) is -0.0584. The van der Waals surface area contributed by atoms with Gasteiger partial charge in [-0.25, -0.2) is 23.0 Å². The van der Waals surface area contributed by atoms with Gasteiger partial charge in [0.1, 0.15) is 4.90 Å². The molecule has 278 valence electrons. The lowest BCUT2D eigenvalue weighted by Gasteiger charge is -2.30. The summed E-state index contributed by atoms with van der Waals surface area (Å²) in [6, 6.07) is 14.1. The summed E-state index contributed by atoms with van der Waals surface area (Å²) in [5, 5.41) is 33.8. The lowest BCUT2D eigenvalue weighted by atomic mass is 10.1. The number of nitrogens with two attached hydrogens (primary N) is 1. The third kappa shape index (κ3) is 20.6. The van der Waals surface area contributed by atoms with Crippen molar-refractivity contribution in [2.75, 3.05) is 72.0 Å². The van der Waals surface area contributed by atoms with Crippen LogP contribution in [0.2, 0.25) is 0 Å². The molecule has 0 unspecified atom stereocenters. The van der Waals surface area contributed by atoms with E-state index in [4.69, 9.17) is 30.5 Å². The number of amides is 3. The Bertz CT molecular complexity index is 1250. The maximum Gasteiger partial charge on any atom is 0.404 e. The number of aliphatic hydroxyl groups is 2. The van der Waals surface area contributed by atoms with E-state index < -0.39 is 16.1 Å². The highest BCUT2D eigenvalue weighted by molar-refractivity contribution is 7.89. The Morgan fingerprint density at radius 1 is 0.959 bits per heavy atom. The Kier molecular flexibility index (Phi) is 23.4. The fraction of sp³-hybridized carbons (Fsp3) is 0.576. The molecule has 0 aliphatic carbocycles. The van der Waals surface area contributed by atoms with Crippen LogP contribution in [0.15, 0.2) is 53.4 Å². The molecule has 49 heavy (non-hydrogen) atoms. The molecule has 0 aromatic heterocycles. The number of hydrogen-bond donors (Lipinski definition) is 8. The smallest absolute Gasteiger partial charge is 0.404 e. The first-order valence-corrected chi connectivity index (χ1v) is 18.0. The molecule has 0 spiro atoms. The maximum atomic E-state index is 12.8. The van der Waals surface area contributed by atoms with Gasteiger partial charge in [0, 0.05) is 72.2 Å². The van der Waals surface area contributed by atoms with E-state index in [-0.39, 0.29) is 48.8 Å². The van der Waals surface area contributed by atoms with Gasteiger partial charge >= 0.3 is 12.1 Å². The van der Waals surface area contributed by atoms with Crippen LogP contribution in [0.4, 0.5) is 15.3 Å². The molecule has 2 aromatic rings. The average molecular weight is 713 g/mol. The predicted octanol–water partition coefficient (Wildman–Crippen LogP) is 2.43. The molecule has 3 saturated heterocycles. The van der Waals surface area contributed by atoms with Gasteiger partial charge in [0.15, 0.2) is 0 Å². The van der Waals surface area contributed by atoms with Crippen molar-refractivity contribution < 1.29 is 42.8 Å². The number of urea groups is 1. The minimum Gasteiger partial charge on any atom is -0.465 e. The first-order chi connectivity index (χ1) is 23.6. The molecule has 15 nitrogen and oxygen atoms in total. The predicted molar refractivity (Wildman–Crippen MR) is 188 cm³/mol. The molecule has 3 fully saturated rings. The molecule has 0 saturated carbocycles. The SMILES string of the molecule is C1CCOC1.C1CCOCC1.CO.Cc1ccccc1.Nc1cc(CO)ccc1S(=O)(=O)NN(CCCNC(=O)O)CC1CNC(=O)NC1. The minimum absolute atomic E-state index is 0.00291. The van der Waals surface area contributed by atoms with Crippen molar-refractivity contribution in [3.8, 4) is 0 Å². The monoisotopic (exact) mass is 712 g/mol. The highest BCUT2D eigenvalue weighted by Crippen LogP contribution is 2.20. The van der Waals surface area contributed by atoms with E-state index in [2.05, 4.69) is 39.8 Å². The molecule has 2 aromatic carbocycles. The fourth-order valence-corrected chi connectivity index (χ4v) is 5.80. The van der Waals surface area contributed by atoms with Crippen molar-refractivity contribution in [2.24, 2.45) is 5.92 Å². The topological polar surface area (TPSA) is 225 Å². The number of aliphatic hydroxyl groups excluding tert-OH is 2. The van der Waals surface area contributed by atoms with Gasteiger partial charge in [-0.1, -0.05) is 42.0 Å². The number of aryl methyl sites for hydroxylation is 1. The molecule has 3 heterocycles. The number of sulfonamides is 1. The lowest BCUT2D eigenvalue weighted by Crippen LogP contribution is -2.54. The van der Waals surface area contributed by atoms with E-state index >= 15 is 0 Å². The molecular formula is C33H56N6O9S. The quantitative estimate of drug-likeness (QED) is 0.101. The standard InChI is InChI=1S/C16H26N6O6S.C7H8.C5H10O.C4H8O.CH4O/c17-13-6-11(10-23)2-3-14(13)29(27,28)21-22(5-1-4-18-16(25)26)9-12-7-19-15(24)20-8-12;1-7-5-3-2-4-6-7;1-2-4-6-5-3-1;1-2-4-5-3-1;1-2/h2-3,6,12,18,21,23H,1,4-5,7-10,17H2,(H,25,26)(H2,19,20,24);2-6H,1H3;1-5H2;1-4H2;2H,1H3. The normalized spacial score (nSPS) is 15.7. The van der Waals surface area contributed by atoms with Crippen LogP contribution in [0.1, 0.15) is 49.7 Å². The molecular weight excluding hydrogens is 656 g/mol. The maximum absolute atomic E-state index is 12.8. The van der Waals surface area contributed by atoms with Crippen molar-refractivity contribution in [1.29, 1.82) is 0 Å². The lowest BCUT2D eigenvalue weighted by molar-refractivity contribution is 0.0968. The van der Waals surface area contributed by atoms with E-state index in [9.17, 15) is 18.0 Å². The van der Waals surface area contributed by atoms with Crippen LogP contribution in [0.3, 0.4) is 0 Å². The van der Waals surface area contributed by atoms with Crippen molar-refractivity contribution >= 4 is 27.8 Å². The fourth-order valence-electron chi connectivity index (χ4n) is 4.58. The second-order valence-corrected chi connectivity index (χ2v) is 12.9. The Morgan fingerprint density at radius 3 is 1.96 bits per heavy atom. The van der Waals surface area contributed by atoms with Crippen molar-refractivity contribution in [1.82, 2.24) is 25.8 Å². The Balaban J connectivity index is 0.000000476. The largest absolute Gasteiger partial charge is 0.465 e. The number of nitrogens with zero attached hydrogens (tertiary/aromatic N) is 1. The zero-order valence-electron chi connectivity index (χ0n) is 28.7. The second-order valence-electron chi connectivity index (χ2n) is 11.3. The van der Waals surface area contributed by atoms with E-state index in [1.165, 1.54) is 60.9 Å². The van der Waals surface area contributed by atoms with Crippen LogP contribution < -0.4 is 26.5 Å². The van der Waals surface area contributed by atoms with Gasteiger partial charge in [-0.15, -0.1) is 4.83 Å². The second kappa shape index (κ2) is 26.4. The van der Waals surface area contributed by atoms with Crippen LogP contribution in [-0.4, -0.2) is 107 Å². The Hall–Kier alpha value is -3.51. The number of nitrogen functional groups attached to an aromatic ring is 1. The molecule has 3 aliphatic rings. The molecule has 9 N–H and O–H groups in total. The summed E-state index contributed by atoms with van der Waals surface area (Å²) in [5.41, 5.74) is 7.64. The highest BCUT2D eigenvalue weighted by Gasteiger charge is 2.25. The van der Waals surface area contributed by atoms with E-state index in [1.54, 1.807) is 0 Å². The van der Waals surface area contributed by atoms with Crippen LogP contribution in [0.5, 0.6) is 0 Å². The van der Waals surface area contributed by atoms with Gasteiger partial charge in [-0.05, 0) is 63.1 Å². The number of nitrogens with one attached hydrogen (secondary N) is 4. The number of ether oxygens (including phenoxy) is 2. The van der Waals surface area contributed by atoms with E-state index in [1.807, 2.05) is 18.2 Å². The summed E-state index contributed by atoms with van der Waals surface area (Å²) in [7, 11) is -3.01. The number of carbonyl (C=O) groups is 2. The van der Waals surface area contributed by atoms with Gasteiger partial charge in [0.25, 0.3) is 10.0 Å². The number of carbonyl (C=O) groups excluding carboxylic acids is 1. The average Bonchev–Trinajstić information content (AvgIpc) is 3.71. The zero-order valence-corrected chi connectivity index (χ0v) is 29.6. The van der Waals surface area contributed by atoms with E-state index in [0.29, 0.717) is 25.1 Å². The molecule has 0 atom stereocenters. The molecule has 16 heteroatoms.